The van der Waals surface area contributed by atoms with Gasteiger partial charge in [-0.15, -0.1) is 0 Å². The first-order chi connectivity index (χ1) is 14.1. The molecule has 0 bridgehead atoms. The Morgan fingerprint density at radius 3 is 2.59 bits per heavy atom. The molecule has 5 nitrogen and oxygen atoms in total. The van der Waals surface area contributed by atoms with Gasteiger partial charge in [-0.25, -0.2) is 0 Å². The molecule has 29 heavy (non-hydrogen) atoms. The molecule has 2 heterocycles. The first-order valence-corrected chi connectivity index (χ1v) is 10.4. The highest BCUT2D eigenvalue weighted by Gasteiger charge is 2.19. The largest absolute Gasteiger partial charge is 0.467 e. The molecule has 3 rings (SSSR count). The SMILES string of the molecule is CC(C)C[NH+](Cc1cccn1Cc1ccccc1)C[C@@H](O)COCc1ccco1. The van der Waals surface area contributed by atoms with E-state index < -0.39 is 6.10 Å². The summed E-state index contributed by atoms with van der Waals surface area (Å²) in [5.74, 6) is 1.33. The van der Waals surface area contributed by atoms with Gasteiger partial charge in [-0.3, -0.25) is 0 Å². The zero-order chi connectivity index (χ0) is 20.5. The first-order valence-electron chi connectivity index (χ1n) is 10.4. The molecule has 0 fully saturated rings. The highest BCUT2D eigenvalue weighted by Crippen LogP contribution is 2.07. The van der Waals surface area contributed by atoms with Crippen LogP contribution in [-0.2, 0) is 24.4 Å². The molecule has 0 saturated heterocycles. The summed E-state index contributed by atoms with van der Waals surface area (Å²) in [4.78, 5) is 1.36. The van der Waals surface area contributed by atoms with E-state index in [1.807, 2.05) is 18.2 Å². The smallest absolute Gasteiger partial charge is 0.129 e. The van der Waals surface area contributed by atoms with Crippen molar-refractivity contribution in [3.8, 4) is 0 Å². The minimum absolute atomic E-state index is 0.313. The van der Waals surface area contributed by atoms with E-state index in [2.05, 4.69) is 61.0 Å². The van der Waals surface area contributed by atoms with Crippen LogP contribution < -0.4 is 4.90 Å². The van der Waals surface area contributed by atoms with E-state index in [0.29, 0.717) is 25.7 Å². The summed E-state index contributed by atoms with van der Waals surface area (Å²) in [6, 6.07) is 18.5. The number of ether oxygens (including phenoxy) is 1. The maximum atomic E-state index is 10.5. The highest BCUT2D eigenvalue weighted by atomic mass is 16.5. The number of benzene rings is 1. The molecule has 3 aromatic rings. The van der Waals surface area contributed by atoms with Gasteiger partial charge >= 0.3 is 0 Å². The lowest BCUT2D eigenvalue weighted by Gasteiger charge is -2.24. The molecule has 5 heteroatoms. The second-order valence-electron chi connectivity index (χ2n) is 8.09. The third-order valence-corrected chi connectivity index (χ3v) is 4.91. The summed E-state index contributed by atoms with van der Waals surface area (Å²) < 4.78 is 13.2. The molecule has 2 atom stereocenters. The molecule has 0 radical (unpaired) electrons. The number of nitrogens with one attached hydrogen (secondary N) is 1. The Labute approximate surface area is 173 Å². The molecule has 1 unspecified atom stereocenters. The number of hydrogen-bond acceptors (Lipinski definition) is 3. The van der Waals surface area contributed by atoms with E-state index in [1.54, 1.807) is 6.26 Å². The lowest BCUT2D eigenvalue weighted by Crippen LogP contribution is -3.12. The number of aliphatic hydroxyl groups is 1. The second-order valence-corrected chi connectivity index (χ2v) is 8.09. The summed E-state index contributed by atoms with van der Waals surface area (Å²) in [6.45, 7) is 8.57. The van der Waals surface area contributed by atoms with Gasteiger partial charge in [0.25, 0.3) is 0 Å². The molecule has 1 aromatic carbocycles. The van der Waals surface area contributed by atoms with E-state index in [9.17, 15) is 5.11 Å². The third-order valence-electron chi connectivity index (χ3n) is 4.91. The van der Waals surface area contributed by atoms with Crippen molar-refractivity contribution in [2.24, 2.45) is 5.92 Å². The normalized spacial score (nSPS) is 13.7. The molecule has 0 aliphatic heterocycles. The summed E-state index contributed by atoms with van der Waals surface area (Å²) in [5.41, 5.74) is 2.58. The van der Waals surface area contributed by atoms with Crippen molar-refractivity contribution >= 4 is 0 Å². The third kappa shape index (κ3) is 7.20. The van der Waals surface area contributed by atoms with E-state index in [0.717, 1.165) is 25.4 Å². The summed E-state index contributed by atoms with van der Waals surface area (Å²) in [6.07, 6.45) is 3.27. The average Bonchev–Trinajstić information content (AvgIpc) is 3.35. The standard InChI is InChI=1S/C24H32N2O3/c1-20(2)14-25(17-23(27)18-28-19-24-11-7-13-29-24)16-22-10-6-12-26(22)15-21-8-4-3-5-9-21/h3-13,20,23,27H,14-19H2,1-2H3/p+1/t23-/m1/s1. The maximum Gasteiger partial charge on any atom is 0.129 e. The van der Waals surface area contributed by atoms with Crippen LogP contribution in [-0.4, -0.2) is 35.5 Å². The molecule has 0 spiro atoms. The van der Waals surface area contributed by atoms with Crippen LogP contribution in [0.15, 0.2) is 71.5 Å². The molecule has 2 N–H and O–H groups in total. The Hall–Kier alpha value is -2.34. The fourth-order valence-electron chi connectivity index (χ4n) is 3.69. The van der Waals surface area contributed by atoms with Gasteiger partial charge in [-0.05, 0) is 29.8 Å². The van der Waals surface area contributed by atoms with Gasteiger partial charge in [-0.1, -0.05) is 44.2 Å². The lowest BCUT2D eigenvalue weighted by atomic mass is 10.2. The average molecular weight is 398 g/mol. The Bertz CT molecular complexity index is 812. The van der Waals surface area contributed by atoms with Crippen molar-refractivity contribution in [1.29, 1.82) is 0 Å². The number of aromatic nitrogens is 1. The Balaban J connectivity index is 1.55. The van der Waals surface area contributed by atoms with Crippen LogP contribution in [0.25, 0.3) is 0 Å². The minimum atomic E-state index is -0.503. The Morgan fingerprint density at radius 2 is 1.86 bits per heavy atom. The molecule has 0 saturated carbocycles. The van der Waals surface area contributed by atoms with E-state index >= 15 is 0 Å². The molecule has 0 amide bonds. The first kappa shape index (κ1) is 21.4. The van der Waals surface area contributed by atoms with Crippen molar-refractivity contribution in [3.63, 3.8) is 0 Å². The summed E-state index contributed by atoms with van der Waals surface area (Å²) >= 11 is 0. The molecular formula is C24H33N2O3+. The van der Waals surface area contributed by atoms with E-state index in [-0.39, 0.29) is 0 Å². The quantitative estimate of drug-likeness (QED) is 0.494. The minimum Gasteiger partial charge on any atom is -0.467 e. The Kier molecular flexibility index (Phi) is 8.11. The highest BCUT2D eigenvalue weighted by molar-refractivity contribution is 5.17. The fourth-order valence-corrected chi connectivity index (χ4v) is 3.69. The predicted octanol–water partition coefficient (Wildman–Crippen LogP) is 2.75. The number of rotatable bonds is 12. The maximum absolute atomic E-state index is 10.5. The van der Waals surface area contributed by atoms with Crippen LogP contribution >= 0.6 is 0 Å². The van der Waals surface area contributed by atoms with Crippen LogP contribution in [0.2, 0.25) is 0 Å². The lowest BCUT2D eigenvalue weighted by molar-refractivity contribution is -0.920. The molecule has 2 aromatic heterocycles. The van der Waals surface area contributed by atoms with E-state index in [4.69, 9.17) is 9.15 Å². The van der Waals surface area contributed by atoms with Gasteiger partial charge in [0.05, 0.1) is 25.1 Å². The van der Waals surface area contributed by atoms with Crippen molar-refractivity contribution in [1.82, 2.24) is 4.57 Å². The summed E-state index contributed by atoms with van der Waals surface area (Å²) in [5, 5.41) is 10.5. The predicted molar refractivity (Wildman–Crippen MR) is 114 cm³/mol. The van der Waals surface area contributed by atoms with E-state index in [1.165, 1.54) is 16.2 Å². The van der Waals surface area contributed by atoms with Crippen molar-refractivity contribution in [2.45, 2.75) is 39.6 Å². The van der Waals surface area contributed by atoms with Gasteiger partial charge in [0.15, 0.2) is 0 Å². The van der Waals surface area contributed by atoms with Crippen LogP contribution in [0.4, 0.5) is 0 Å². The zero-order valence-electron chi connectivity index (χ0n) is 17.5. The van der Waals surface area contributed by atoms with Crippen molar-refractivity contribution in [2.75, 3.05) is 19.7 Å². The van der Waals surface area contributed by atoms with Crippen molar-refractivity contribution < 1.29 is 19.2 Å². The Morgan fingerprint density at radius 1 is 1.03 bits per heavy atom. The second kappa shape index (κ2) is 11.0. The monoisotopic (exact) mass is 397 g/mol. The van der Waals surface area contributed by atoms with Gasteiger partial charge < -0.3 is 23.7 Å². The van der Waals surface area contributed by atoms with Gasteiger partial charge in [0.2, 0.25) is 0 Å². The van der Waals surface area contributed by atoms with Crippen molar-refractivity contribution in [3.05, 3.63) is 84.1 Å². The van der Waals surface area contributed by atoms with Gasteiger partial charge in [-0.2, -0.15) is 0 Å². The number of furan rings is 1. The molecule has 0 aliphatic carbocycles. The number of hydrogen-bond donors (Lipinski definition) is 2. The van der Waals surface area contributed by atoms with Crippen LogP contribution in [0.1, 0.15) is 30.9 Å². The van der Waals surface area contributed by atoms with Gasteiger partial charge in [0.1, 0.15) is 31.6 Å². The molecule has 0 aliphatic rings. The summed E-state index contributed by atoms with van der Waals surface area (Å²) in [7, 11) is 0. The van der Waals surface area contributed by atoms with Gasteiger partial charge in [0, 0.05) is 18.7 Å². The molecule has 156 valence electrons. The number of quaternary nitrogens is 1. The van der Waals surface area contributed by atoms with Crippen LogP contribution in [0.5, 0.6) is 0 Å². The fraction of sp³-hybridized carbons (Fsp3) is 0.417. The van der Waals surface area contributed by atoms with Crippen LogP contribution in [0.3, 0.4) is 0 Å². The molecular weight excluding hydrogens is 364 g/mol. The number of nitrogens with zero attached hydrogens (tertiary/aromatic N) is 1. The topological polar surface area (TPSA) is 52.0 Å². The zero-order valence-corrected chi connectivity index (χ0v) is 17.5. The van der Waals surface area contributed by atoms with Crippen LogP contribution in [0, 0.1) is 5.92 Å². The number of aliphatic hydroxyl groups excluding tert-OH is 1.